The van der Waals surface area contributed by atoms with E-state index in [4.69, 9.17) is 9.47 Å². The molecule has 0 unspecified atom stereocenters. The van der Waals surface area contributed by atoms with Gasteiger partial charge in [0.25, 0.3) is 0 Å². The van der Waals surface area contributed by atoms with Gasteiger partial charge in [-0.3, -0.25) is 0 Å². The summed E-state index contributed by atoms with van der Waals surface area (Å²) >= 11 is 0. The highest BCUT2D eigenvalue weighted by Gasteiger charge is 2.39. The van der Waals surface area contributed by atoms with Gasteiger partial charge in [-0.1, -0.05) is 66.7 Å². The predicted molar refractivity (Wildman–Crippen MR) is 102 cm³/mol. The number of esters is 1. The van der Waals surface area contributed by atoms with Crippen molar-refractivity contribution >= 4 is 5.97 Å². The number of hydrogen-bond donors (Lipinski definition) is 1. The van der Waals surface area contributed by atoms with E-state index in [1.165, 1.54) is 6.08 Å². The van der Waals surface area contributed by atoms with E-state index in [1.54, 1.807) is 13.0 Å². The number of carbonyl (C=O) groups is 1. The van der Waals surface area contributed by atoms with Gasteiger partial charge in [0.1, 0.15) is 11.7 Å². The first-order valence-corrected chi connectivity index (χ1v) is 8.89. The second-order valence-electron chi connectivity index (χ2n) is 5.89. The monoisotopic (exact) mass is 354 g/mol. The third-order valence-corrected chi connectivity index (χ3v) is 4.11. The Bertz CT molecular complexity index is 697. The maximum Gasteiger partial charge on any atom is 0.330 e. The Morgan fingerprint density at radius 2 is 1.65 bits per heavy atom. The molecule has 4 heteroatoms. The summed E-state index contributed by atoms with van der Waals surface area (Å²) in [5.41, 5.74) is 0.294. The largest absolute Gasteiger partial charge is 0.463 e. The summed E-state index contributed by atoms with van der Waals surface area (Å²) in [5, 5.41) is 11.6. The van der Waals surface area contributed by atoms with Crippen LogP contribution in [0.5, 0.6) is 0 Å². The van der Waals surface area contributed by atoms with E-state index < -0.39 is 17.7 Å². The van der Waals surface area contributed by atoms with Gasteiger partial charge in [-0.15, -0.1) is 0 Å². The predicted octanol–water partition coefficient (Wildman–Crippen LogP) is 4.16. The van der Waals surface area contributed by atoms with Crippen molar-refractivity contribution < 1.29 is 19.4 Å². The highest BCUT2D eigenvalue weighted by molar-refractivity contribution is 5.81. The molecule has 2 rings (SSSR count). The summed E-state index contributed by atoms with van der Waals surface area (Å²) in [6, 6.07) is 19.0. The van der Waals surface area contributed by atoms with Gasteiger partial charge < -0.3 is 14.6 Å². The molecule has 0 heterocycles. The zero-order valence-corrected chi connectivity index (χ0v) is 15.3. The number of aliphatic hydroxyl groups is 1. The Kier molecular flexibility index (Phi) is 7.57. The van der Waals surface area contributed by atoms with Crippen LogP contribution in [0.25, 0.3) is 0 Å². The first kappa shape index (κ1) is 19.9. The average molecular weight is 354 g/mol. The molecule has 0 saturated heterocycles. The van der Waals surface area contributed by atoms with E-state index in [0.29, 0.717) is 13.2 Å². The quantitative estimate of drug-likeness (QED) is 0.543. The maximum absolute atomic E-state index is 11.6. The zero-order chi connectivity index (χ0) is 18.8. The van der Waals surface area contributed by atoms with Crippen molar-refractivity contribution in [2.75, 3.05) is 13.2 Å². The second-order valence-corrected chi connectivity index (χ2v) is 5.89. The van der Waals surface area contributed by atoms with Crippen LogP contribution in [0.3, 0.4) is 0 Å². The van der Waals surface area contributed by atoms with E-state index in [1.807, 2.05) is 67.6 Å². The molecule has 2 aromatic rings. The topological polar surface area (TPSA) is 55.8 Å². The molecule has 0 aliphatic carbocycles. The fourth-order valence-corrected chi connectivity index (χ4v) is 2.93. The van der Waals surface area contributed by atoms with Gasteiger partial charge >= 0.3 is 5.97 Å². The van der Waals surface area contributed by atoms with Crippen LogP contribution in [-0.4, -0.2) is 24.3 Å². The van der Waals surface area contributed by atoms with E-state index in [-0.39, 0.29) is 6.42 Å². The first-order chi connectivity index (χ1) is 12.6. The highest BCUT2D eigenvalue weighted by Crippen LogP contribution is 2.41. The third kappa shape index (κ3) is 5.04. The van der Waals surface area contributed by atoms with E-state index in [9.17, 15) is 9.90 Å². The lowest BCUT2D eigenvalue weighted by atomic mass is 9.81. The molecule has 0 radical (unpaired) electrons. The number of rotatable bonds is 9. The summed E-state index contributed by atoms with van der Waals surface area (Å²) in [4.78, 5) is 11.6. The minimum atomic E-state index is -1.32. The summed E-state index contributed by atoms with van der Waals surface area (Å²) in [6.45, 7) is 4.43. The molecule has 0 amide bonds. The molecule has 0 bridgehead atoms. The lowest BCUT2D eigenvalue weighted by Crippen LogP contribution is -2.35. The lowest BCUT2D eigenvalue weighted by molar-refractivity contribution is -0.137. The molecule has 0 aromatic heterocycles. The molecule has 0 spiro atoms. The zero-order valence-electron chi connectivity index (χ0n) is 15.3. The summed E-state index contributed by atoms with van der Waals surface area (Å²) < 4.78 is 10.9. The molecule has 2 aromatic carbocycles. The fourth-order valence-electron chi connectivity index (χ4n) is 2.93. The summed E-state index contributed by atoms with van der Waals surface area (Å²) in [7, 11) is 0. The van der Waals surface area contributed by atoms with E-state index in [2.05, 4.69) is 0 Å². The molecule has 4 nitrogen and oxygen atoms in total. The van der Waals surface area contributed by atoms with Crippen molar-refractivity contribution in [3.05, 3.63) is 83.9 Å². The van der Waals surface area contributed by atoms with Gasteiger partial charge in [0.05, 0.1) is 6.61 Å². The number of hydrogen-bond acceptors (Lipinski definition) is 4. The Morgan fingerprint density at radius 1 is 1.04 bits per heavy atom. The molecule has 0 aliphatic heterocycles. The number of ether oxygens (including phenoxy) is 2. The SMILES string of the molecule is CCOC(=O)/C=C/C[C@@](O)(c1ccccc1)[C@@H](OCC)c1ccccc1. The van der Waals surface area contributed by atoms with Crippen LogP contribution in [0, 0.1) is 0 Å². The van der Waals surface area contributed by atoms with Gasteiger partial charge in [-0.2, -0.15) is 0 Å². The molecule has 0 saturated carbocycles. The highest BCUT2D eigenvalue weighted by atomic mass is 16.5. The smallest absolute Gasteiger partial charge is 0.330 e. The van der Waals surface area contributed by atoms with Crippen LogP contribution in [-0.2, 0) is 19.9 Å². The Hall–Kier alpha value is -2.43. The van der Waals surface area contributed by atoms with Gasteiger partial charge in [0.15, 0.2) is 0 Å². The lowest BCUT2D eigenvalue weighted by Gasteiger charge is -2.36. The third-order valence-electron chi connectivity index (χ3n) is 4.11. The summed E-state index contributed by atoms with van der Waals surface area (Å²) in [6.07, 6.45) is 2.64. The molecular formula is C22H26O4. The summed E-state index contributed by atoms with van der Waals surface area (Å²) in [5.74, 6) is -0.421. The van der Waals surface area contributed by atoms with Crippen LogP contribution in [0.1, 0.15) is 37.5 Å². The molecule has 2 atom stereocenters. The van der Waals surface area contributed by atoms with Crippen LogP contribution < -0.4 is 0 Å². The Morgan fingerprint density at radius 3 is 2.23 bits per heavy atom. The maximum atomic E-state index is 11.6. The van der Waals surface area contributed by atoms with Gasteiger partial charge in [-0.25, -0.2) is 4.79 Å². The van der Waals surface area contributed by atoms with Gasteiger partial charge in [-0.05, 0) is 25.0 Å². The van der Waals surface area contributed by atoms with Crippen molar-refractivity contribution in [1.82, 2.24) is 0 Å². The number of benzene rings is 2. The standard InChI is InChI=1S/C22H26O4/c1-3-25-20(23)16-11-17-22(24,19-14-9-6-10-15-19)21(26-4-2)18-12-7-5-8-13-18/h5-16,21,24H,3-4,17H2,1-2H3/b16-11+/t21-,22+/m0/s1. The van der Waals surface area contributed by atoms with Crippen molar-refractivity contribution in [3.63, 3.8) is 0 Å². The van der Waals surface area contributed by atoms with Crippen LogP contribution in [0.2, 0.25) is 0 Å². The van der Waals surface area contributed by atoms with Crippen molar-refractivity contribution in [3.8, 4) is 0 Å². The van der Waals surface area contributed by atoms with Crippen molar-refractivity contribution in [2.24, 2.45) is 0 Å². The molecule has 0 aliphatic rings. The number of carbonyl (C=O) groups excluding carboxylic acids is 1. The van der Waals surface area contributed by atoms with Crippen LogP contribution in [0.4, 0.5) is 0 Å². The molecule has 26 heavy (non-hydrogen) atoms. The Labute approximate surface area is 155 Å². The van der Waals surface area contributed by atoms with Gasteiger partial charge in [0, 0.05) is 19.1 Å². The van der Waals surface area contributed by atoms with Crippen LogP contribution >= 0.6 is 0 Å². The normalized spacial score (nSPS) is 14.7. The van der Waals surface area contributed by atoms with Crippen LogP contribution in [0.15, 0.2) is 72.8 Å². The molecule has 138 valence electrons. The van der Waals surface area contributed by atoms with E-state index >= 15 is 0 Å². The van der Waals surface area contributed by atoms with Gasteiger partial charge in [0.2, 0.25) is 0 Å². The second kappa shape index (κ2) is 9.90. The van der Waals surface area contributed by atoms with Crippen molar-refractivity contribution in [2.45, 2.75) is 32.0 Å². The Balaban J connectivity index is 2.40. The van der Waals surface area contributed by atoms with E-state index in [0.717, 1.165) is 11.1 Å². The van der Waals surface area contributed by atoms with Crippen molar-refractivity contribution in [1.29, 1.82) is 0 Å². The first-order valence-electron chi connectivity index (χ1n) is 8.89. The molecule has 1 N–H and O–H groups in total. The molecule has 0 fully saturated rings. The average Bonchev–Trinajstić information content (AvgIpc) is 2.67. The minimum Gasteiger partial charge on any atom is -0.463 e. The fraction of sp³-hybridized carbons (Fsp3) is 0.318. The molecular weight excluding hydrogens is 328 g/mol. The minimum absolute atomic E-state index is 0.218.